The molecule has 152 valence electrons. The zero-order chi connectivity index (χ0) is 21.3. The Hall–Kier alpha value is -3.13. The van der Waals surface area contributed by atoms with E-state index >= 15 is 0 Å². The van der Waals surface area contributed by atoms with Crippen LogP contribution >= 0.6 is 0 Å². The molecule has 0 spiro atoms. The van der Waals surface area contributed by atoms with Gasteiger partial charge in [-0.25, -0.2) is 5.06 Å². The van der Waals surface area contributed by atoms with Gasteiger partial charge in [-0.2, -0.15) is 0 Å². The average molecular weight is 404 g/mol. The van der Waals surface area contributed by atoms with Crippen LogP contribution in [0.4, 0.5) is 0 Å². The maximum absolute atomic E-state index is 13.4. The van der Waals surface area contributed by atoms with Crippen LogP contribution in [0.1, 0.15) is 51.6 Å². The van der Waals surface area contributed by atoms with Gasteiger partial charge in [0.15, 0.2) is 0 Å². The second kappa shape index (κ2) is 6.18. The van der Waals surface area contributed by atoms with Crippen molar-refractivity contribution in [2.45, 2.75) is 31.1 Å². The molecule has 0 saturated carbocycles. The summed E-state index contributed by atoms with van der Waals surface area (Å²) < 4.78 is 0. The summed E-state index contributed by atoms with van der Waals surface area (Å²) in [5.74, 6) is -1.23. The van der Waals surface area contributed by atoms with Crippen LogP contribution in [0.15, 0.2) is 59.1 Å². The van der Waals surface area contributed by atoms with Crippen LogP contribution in [0.3, 0.4) is 0 Å². The number of carbonyl (C=O) groups excluding carboxylic acids is 2. The maximum atomic E-state index is 13.4. The number of carbonyl (C=O) groups is 2. The van der Waals surface area contributed by atoms with Crippen molar-refractivity contribution in [2.24, 2.45) is 4.99 Å². The third-order valence-electron chi connectivity index (χ3n) is 6.16. The Kier molecular flexibility index (Phi) is 3.89. The Morgan fingerprint density at radius 2 is 1.60 bits per heavy atom. The fourth-order valence-electron chi connectivity index (χ4n) is 4.69. The Morgan fingerprint density at radius 1 is 0.967 bits per heavy atom. The lowest BCUT2D eigenvalue weighted by Gasteiger charge is -2.35. The van der Waals surface area contributed by atoms with Crippen molar-refractivity contribution < 1.29 is 25.0 Å². The van der Waals surface area contributed by atoms with Gasteiger partial charge in [0, 0.05) is 28.8 Å². The summed E-state index contributed by atoms with van der Waals surface area (Å²) in [6.07, 6.45) is 1.55. The number of aliphatic imine (C=N–C) groups is 1. The molecule has 2 aromatic carbocycles. The number of hydrogen-bond donors (Lipinski definition) is 3. The minimum Gasteiger partial charge on any atom is -0.372 e. The SMILES string of the molecule is CCCCN=C1C(=O)c2ccccc2C2=C1C1(O)C(=O)c3ccccc3C1(O)N2O. The summed E-state index contributed by atoms with van der Waals surface area (Å²) in [6, 6.07) is 12.8. The highest BCUT2D eigenvalue weighted by Gasteiger charge is 2.74. The fraction of sp³-hybridized carbons (Fsp3) is 0.261. The fourth-order valence-corrected chi connectivity index (χ4v) is 4.69. The van der Waals surface area contributed by atoms with Crippen molar-refractivity contribution in [1.29, 1.82) is 0 Å². The maximum Gasteiger partial charge on any atom is 0.230 e. The molecule has 3 aliphatic rings. The molecule has 0 saturated heterocycles. The van der Waals surface area contributed by atoms with Gasteiger partial charge in [-0.1, -0.05) is 61.9 Å². The summed E-state index contributed by atoms with van der Waals surface area (Å²) >= 11 is 0. The van der Waals surface area contributed by atoms with Crippen LogP contribution in [0, 0.1) is 0 Å². The molecule has 2 atom stereocenters. The van der Waals surface area contributed by atoms with E-state index in [1.807, 2.05) is 6.92 Å². The van der Waals surface area contributed by atoms with Gasteiger partial charge in [-0.15, -0.1) is 0 Å². The number of Topliss-reactive ketones (excluding diaryl/α,β-unsaturated/α-hetero) is 2. The Bertz CT molecular complexity index is 1180. The zero-order valence-corrected chi connectivity index (χ0v) is 16.3. The normalized spacial score (nSPS) is 28.0. The van der Waals surface area contributed by atoms with E-state index in [1.165, 1.54) is 12.1 Å². The first-order chi connectivity index (χ1) is 14.4. The molecule has 1 heterocycles. The Morgan fingerprint density at radius 3 is 2.30 bits per heavy atom. The molecule has 3 N–H and O–H groups in total. The highest BCUT2D eigenvalue weighted by Crippen LogP contribution is 2.59. The Balaban J connectivity index is 1.84. The average Bonchev–Trinajstić information content (AvgIpc) is 3.06. The second-order valence-corrected chi connectivity index (χ2v) is 7.75. The van der Waals surface area contributed by atoms with Gasteiger partial charge in [0.05, 0.1) is 11.3 Å². The first-order valence-corrected chi connectivity index (χ1v) is 9.90. The molecule has 2 unspecified atom stereocenters. The first kappa shape index (κ1) is 18.9. The van der Waals surface area contributed by atoms with E-state index in [0.717, 1.165) is 6.42 Å². The lowest BCUT2D eigenvalue weighted by atomic mass is 9.77. The van der Waals surface area contributed by atoms with Gasteiger partial charge in [-0.3, -0.25) is 19.8 Å². The molecule has 0 radical (unpaired) electrons. The number of ketones is 2. The minimum absolute atomic E-state index is 0.0216. The van der Waals surface area contributed by atoms with Crippen LogP contribution in [0.5, 0.6) is 0 Å². The number of aliphatic hydroxyl groups is 2. The van der Waals surface area contributed by atoms with Gasteiger partial charge in [0.1, 0.15) is 5.71 Å². The number of hydrogen-bond acceptors (Lipinski definition) is 7. The van der Waals surface area contributed by atoms with E-state index in [1.54, 1.807) is 36.4 Å². The van der Waals surface area contributed by atoms with Gasteiger partial charge in [0.2, 0.25) is 22.9 Å². The van der Waals surface area contributed by atoms with Crippen molar-refractivity contribution in [1.82, 2.24) is 5.06 Å². The highest BCUT2D eigenvalue weighted by atomic mass is 16.6. The van der Waals surface area contributed by atoms with Gasteiger partial charge >= 0.3 is 0 Å². The van der Waals surface area contributed by atoms with Crippen molar-refractivity contribution in [3.05, 3.63) is 76.4 Å². The summed E-state index contributed by atoms with van der Waals surface area (Å²) in [5.41, 5.74) is -4.46. The lowest BCUT2D eigenvalue weighted by Crippen LogP contribution is -2.57. The van der Waals surface area contributed by atoms with E-state index in [0.29, 0.717) is 29.2 Å². The van der Waals surface area contributed by atoms with Gasteiger partial charge in [0.25, 0.3) is 0 Å². The van der Waals surface area contributed by atoms with Crippen LogP contribution in [-0.4, -0.2) is 49.9 Å². The van der Waals surface area contributed by atoms with E-state index in [9.17, 15) is 25.0 Å². The lowest BCUT2D eigenvalue weighted by molar-refractivity contribution is -0.264. The number of nitrogens with zero attached hydrogens (tertiary/aromatic N) is 2. The largest absolute Gasteiger partial charge is 0.372 e. The topological polar surface area (TPSA) is 110 Å². The molecule has 30 heavy (non-hydrogen) atoms. The molecule has 2 aromatic rings. The number of rotatable bonds is 3. The summed E-state index contributed by atoms with van der Waals surface area (Å²) in [5, 5.41) is 35.0. The van der Waals surface area contributed by atoms with Crippen molar-refractivity contribution in [3.63, 3.8) is 0 Å². The quantitative estimate of drug-likeness (QED) is 0.677. The van der Waals surface area contributed by atoms with Crippen molar-refractivity contribution in [3.8, 4) is 0 Å². The smallest absolute Gasteiger partial charge is 0.230 e. The third-order valence-corrected chi connectivity index (χ3v) is 6.16. The van der Waals surface area contributed by atoms with Gasteiger partial charge < -0.3 is 10.2 Å². The predicted octanol–water partition coefficient (Wildman–Crippen LogP) is 2.31. The molecule has 0 aromatic heterocycles. The second-order valence-electron chi connectivity index (χ2n) is 7.75. The van der Waals surface area contributed by atoms with E-state index < -0.39 is 22.9 Å². The summed E-state index contributed by atoms with van der Waals surface area (Å²) in [6.45, 7) is 2.30. The standard InChI is InChI=1S/C23H20N2O5/c1-2-3-12-24-18-17-19(13-8-4-5-9-14(13)20(18)26)25(30)23(29)16-11-7-6-10-15(16)21(27)22(17,23)28/h4-11,28-30H,2-3,12H2,1H3. The van der Waals surface area contributed by atoms with E-state index in [2.05, 4.69) is 4.99 Å². The van der Waals surface area contributed by atoms with Crippen LogP contribution in [-0.2, 0) is 5.72 Å². The van der Waals surface area contributed by atoms with E-state index in [-0.39, 0.29) is 28.1 Å². The summed E-state index contributed by atoms with van der Waals surface area (Å²) in [4.78, 5) is 31.1. The van der Waals surface area contributed by atoms with E-state index in [4.69, 9.17) is 0 Å². The highest BCUT2D eigenvalue weighted by molar-refractivity contribution is 6.56. The number of fused-ring (bicyclic) bond motifs is 6. The monoisotopic (exact) mass is 404 g/mol. The molecule has 0 fully saturated rings. The van der Waals surface area contributed by atoms with Gasteiger partial charge in [-0.05, 0) is 6.42 Å². The van der Waals surface area contributed by atoms with Crippen LogP contribution in [0.2, 0.25) is 0 Å². The Labute approximate surface area is 172 Å². The summed E-state index contributed by atoms with van der Waals surface area (Å²) in [7, 11) is 0. The van der Waals surface area contributed by atoms with Crippen molar-refractivity contribution in [2.75, 3.05) is 6.54 Å². The molecule has 0 bridgehead atoms. The number of unbranched alkanes of at least 4 members (excludes halogenated alkanes) is 1. The first-order valence-electron chi connectivity index (χ1n) is 9.90. The predicted molar refractivity (Wildman–Crippen MR) is 108 cm³/mol. The minimum atomic E-state index is -2.56. The van der Waals surface area contributed by atoms with Crippen molar-refractivity contribution >= 4 is 23.0 Å². The van der Waals surface area contributed by atoms with Crippen LogP contribution < -0.4 is 0 Å². The molecule has 7 nitrogen and oxygen atoms in total. The molecular weight excluding hydrogens is 384 g/mol. The molecule has 5 rings (SSSR count). The molecule has 0 amide bonds. The molecule has 2 aliphatic carbocycles. The zero-order valence-electron chi connectivity index (χ0n) is 16.3. The molecular formula is C23H20N2O5. The molecule has 7 heteroatoms. The number of hydroxylamine groups is 2. The molecule has 1 aliphatic heterocycles. The van der Waals surface area contributed by atoms with Crippen LogP contribution in [0.25, 0.3) is 5.70 Å². The third kappa shape index (κ3) is 1.97. The number of benzene rings is 2.